The molecule has 19 nitrogen and oxygen atoms in total. The number of ether oxygens (including phenoxy) is 4. The zero-order valence-corrected chi connectivity index (χ0v) is 83.6. The SMILES string of the molecule is C=CCBr.C=CCC1(S(=O)(=O)C2(COCc3ccccc3)CC2)CC1.CC(C)[Si](OCCC1(S(=O)(=O)C2(COCc3ccccc3)CC2)CC1)(C(C)C)C(C)C.CCCC1(S(=O)(=O)C2(CBr)CC2)CC1.CCCC1(S(=O)(=O)C2(CO)CC2)CC1.O=S(=O)(C1(CCO)CC1)C1(COCc2ccccc2)CC1.O=S(=O)(C1CC1)C1(COCc2ccccc2)CC1. The predicted octanol–water partition coefficient (Wildman–Crippen LogP) is 19.4. The van der Waals surface area contributed by atoms with E-state index in [0.717, 1.165) is 169 Å². The molecule has 4 aromatic carbocycles. The smallest absolute Gasteiger partial charge is 0.200 e. The Labute approximate surface area is 757 Å². The van der Waals surface area contributed by atoms with Crippen molar-refractivity contribution < 1.29 is 84.1 Å². The molecule has 12 aliphatic carbocycles. The van der Waals surface area contributed by atoms with Crippen LogP contribution in [0.1, 0.15) is 277 Å². The van der Waals surface area contributed by atoms with Crippen LogP contribution in [-0.2, 0) is 109 Å². The lowest BCUT2D eigenvalue weighted by Crippen LogP contribution is -2.48. The van der Waals surface area contributed by atoms with E-state index in [4.69, 9.17) is 28.5 Å². The zero-order valence-electron chi connectivity index (χ0n) is 74.6. The van der Waals surface area contributed by atoms with Crippen LogP contribution in [0, 0.1) is 0 Å². The van der Waals surface area contributed by atoms with Crippen molar-refractivity contribution in [3.8, 4) is 0 Å². The first-order valence-electron chi connectivity index (χ1n) is 45.4. The number of benzene rings is 4. The van der Waals surface area contributed by atoms with Gasteiger partial charge in [-0.25, -0.2) is 50.5 Å². The molecule has 4 aromatic rings. The largest absolute Gasteiger partial charge is 0.416 e. The number of halogens is 2. The summed E-state index contributed by atoms with van der Waals surface area (Å²) in [4.78, 5) is 0. The molecule has 28 heteroatoms. The van der Waals surface area contributed by atoms with E-state index in [1.165, 1.54) is 0 Å². The van der Waals surface area contributed by atoms with Crippen LogP contribution in [0.3, 0.4) is 0 Å². The fourth-order valence-corrected chi connectivity index (χ4v) is 42.0. The van der Waals surface area contributed by atoms with Gasteiger partial charge in [-0.3, -0.25) is 0 Å². The normalized spacial score (nSPS) is 22.1. The zero-order chi connectivity index (χ0) is 89.8. The van der Waals surface area contributed by atoms with Gasteiger partial charge in [-0.2, -0.15) is 0 Å². The van der Waals surface area contributed by atoms with E-state index >= 15 is 0 Å². The minimum atomic E-state index is -3.24. The molecular formula is C95H144Br2O19S6Si. The lowest BCUT2D eigenvalue weighted by molar-refractivity contribution is 0.116. The third-order valence-electron chi connectivity index (χ3n) is 28.8. The molecule has 0 atom stereocenters. The van der Waals surface area contributed by atoms with Gasteiger partial charge in [0.25, 0.3) is 0 Å². The van der Waals surface area contributed by atoms with Gasteiger partial charge in [-0.1, -0.05) is 234 Å². The Balaban J connectivity index is 0.000000156. The molecule has 2 N–H and O–H groups in total. The van der Waals surface area contributed by atoms with Crippen molar-refractivity contribution >= 4 is 99.2 Å². The fraction of sp³-hybridized carbons (Fsp3) is 0.705. The van der Waals surface area contributed by atoms with Gasteiger partial charge in [-0.15, -0.1) is 13.2 Å². The van der Waals surface area contributed by atoms with E-state index in [0.29, 0.717) is 133 Å². The van der Waals surface area contributed by atoms with Crippen molar-refractivity contribution in [3.05, 3.63) is 169 Å². The summed E-state index contributed by atoms with van der Waals surface area (Å²) in [6.45, 7) is 28.4. The molecule has 0 spiro atoms. The Bertz CT molecular complexity index is 4700. The van der Waals surface area contributed by atoms with Crippen LogP contribution < -0.4 is 0 Å². The quantitative estimate of drug-likeness (QED) is 0.0236. The van der Waals surface area contributed by atoms with Crippen LogP contribution in [0.5, 0.6) is 0 Å². The summed E-state index contributed by atoms with van der Waals surface area (Å²) in [5.41, 5.74) is 5.86. The molecule has 0 unspecified atom stereocenters. The Morgan fingerprint density at radius 1 is 0.374 bits per heavy atom. The maximum Gasteiger partial charge on any atom is 0.200 e. The molecule has 0 bridgehead atoms. The fourth-order valence-electron chi connectivity index (χ4n) is 18.7. The Morgan fingerprint density at radius 2 is 0.634 bits per heavy atom. The molecule has 0 aromatic heterocycles. The summed E-state index contributed by atoms with van der Waals surface area (Å²) in [5, 5.41) is 19.8. The van der Waals surface area contributed by atoms with E-state index in [9.17, 15) is 55.6 Å². The molecule has 12 saturated carbocycles. The number of sulfone groups is 6. The van der Waals surface area contributed by atoms with Crippen LogP contribution in [-0.4, -0.2) is 183 Å². The summed E-state index contributed by atoms with van der Waals surface area (Å²) in [5.74, 6) is 0. The first-order valence-corrected chi connectivity index (χ1v) is 58.7. The molecule has 692 valence electrons. The highest BCUT2D eigenvalue weighted by Gasteiger charge is 2.71. The van der Waals surface area contributed by atoms with Crippen LogP contribution >= 0.6 is 31.9 Å². The molecule has 0 radical (unpaired) electrons. The van der Waals surface area contributed by atoms with Gasteiger partial charge in [0.1, 0.15) is 0 Å². The predicted molar refractivity (Wildman–Crippen MR) is 505 cm³/mol. The van der Waals surface area contributed by atoms with Crippen molar-refractivity contribution in [2.45, 2.75) is 355 Å². The molecule has 123 heavy (non-hydrogen) atoms. The lowest BCUT2D eigenvalue weighted by atomic mass is 10.2. The maximum atomic E-state index is 13.7. The average Bonchev–Trinajstić information content (AvgIpc) is 1.55. The molecule has 12 aliphatic rings. The summed E-state index contributed by atoms with van der Waals surface area (Å²) in [7, 11) is -20.4. The summed E-state index contributed by atoms with van der Waals surface area (Å²) < 4.78 is 176. The van der Waals surface area contributed by atoms with Gasteiger partial charge in [0.15, 0.2) is 67.3 Å². The molecule has 0 saturated heterocycles. The minimum Gasteiger partial charge on any atom is -0.416 e. The van der Waals surface area contributed by atoms with Gasteiger partial charge in [0, 0.05) is 23.9 Å². The number of rotatable bonds is 46. The molecular weight excluding hydrogens is 1830 g/mol. The number of hydrogen-bond donors (Lipinski definition) is 2. The first-order chi connectivity index (χ1) is 58.3. The monoisotopic (exact) mass is 1970 g/mol. The molecule has 0 aliphatic heterocycles. The topological polar surface area (TPSA) is 291 Å². The van der Waals surface area contributed by atoms with Gasteiger partial charge < -0.3 is 33.6 Å². The maximum absolute atomic E-state index is 13.7. The standard InChI is InChI=1S/C25H42O4SSi.C17H22O3S.C16H22O4S.C14H18O3S.C10H17BrO2S.C10H18O3S.C3H5Br/c1-20(2)31(21(3)4,22(5)6)29-17-16-24(12-13-24)30(26,27)25(14-15-25)19-28-18-23-10-8-7-9-11-23;1-2-8-16(9-10-16)21(18,19)17(11-12-17)14-20-13-15-6-4-3-5-7-15;17-11-10-15(6-7-15)21(18,19)16(8-9-16)13-20-12-14-4-2-1-3-5-14;15-18(16,13-6-7-13)14(8-9-14)11-17-10-12-4-2-1-3-5-12;2*1-2-3-9(4-5-9)14(12,13)10(8-11)6-7-10;1-2-3-4/h7-11,20-22H,12-19H2,1-6H3;2-7H,1,8-14H2;1-5,17H,6-13H2;1-5,13H,6-11H2;2-8H2,1H3;11H,2-8H2,1H3;2H,1,3H2. The average molecular weight is 1970 g/mol. The molecule has 0 heterocycles. The number of allylic oxidation sites excluding steroid dienone is 2. The van der Waals surface area contributed by atoms with Crippen LogP contribution in [0.4, 0.5) is 0 Å². The van der Waals surface area contributed by atoms with Crippen LogP contribution in [0.25, 0.3) is 0 Å². The summed E-state index contributed by atoms with van der Waals surface area (Å²) in [6.07, 6.45) is 27.2. The van der Waals surface area contributed by atoms with Crippen molar-refractivity contribution in [1.29, 1.82) is 0 Å². The number of alkyl halides is 2. The number of aliphatic hydroxyl groups is 2. The second-order valence-electron chi connectivity index (χ2n) is 38.8. The number of hydrogen-bond acceptors (Lipinski definition) is 19. The minimum absolute atomic E-state index is 0.0554. The van der Waals surface area contributed by atoms with Gasteiger partial charge in [0.05, 0.1) is 117 Å². The van der Waals surface area contributed by atoms with Gasteiger partial charge in [0.2, 0.25) is 0 Å². The van der Waals surface area contributed by atoms with Crippen molar-refractivity contribution in [1.82, 2.24) is 0 Å². The van der Waals surface area contributed by atoms with Crippen molar-refractivity contribution in [2.75, 3.05) is 56.9 Å². The number of aliphatic hydroxyl groups excluding tert-OH is 2. The van der Waals surface area contributed by atoms with Crippen LogP contribution in [0.15, 0.2) is 147 Å². The molecule has 16 rings (SSSR count). The van der Waals surface area contributed by atoms with E-state index in [1.54, 1.807) is 12.2 Å². The van der Waals surface area contributed by atoms with Gasteiger partial charge >= 0.3 is 0 Å². The van der Waals surface area contributed by atoms with Crippen molar-refractivity contribution in [2.24, 2.45) is 0 Å². The van der Waals surface area contributed by atoms with E-state index in [2.05, 4.69) is 93.5 Å². The van der Waals surface area contributed by atoms with Crippen molar-refractivity contribution in [3.63, 3.8) is 0 Å². The third-order valence-corrected chi connectivity index (χ3v) is 57.0. The second-order valence-corrected chi connectivity index (χ2v) is 61.8. The highest BCUT2D eigenvalue weighted by molar-refractivity contribution is 9.09. The Hall–Kier alpha value is -3.04. The summed E-state index contributed by atoms with van der Waals surface area (Å²) in [6, 6.07) is 39.5. The molecule has 12 fully saturated rings. The second kappa shape index (κ2) is 41.4. The first kappa shape index (κ1) is 102. The Morgan fingerprint density at radius 3 is 0.870 bits per heavy atom. The molecule has 0 amide bonds. The highest BCUT2D eigenvalue weighted by atomic mass is 79.9. The Kier molecular flexibility index (Phi) is 34.4. The lowest BCUT2D eigenvalue weighted by Gasteiger charge is -2.42. The van der Waals surface area contributed by atoms with E-state index in [1.807, 2.05) is 128 Å². The van der Waals surface area contributed by atoms with Gasteiger partial charge in [-0.05, 0) is 225 Å². The van der Waals surface area contributed by atoms with Crippen LogP contribution in [0.2, 0.25) is 16.6 Å². The highest BCUT2D eigenvalue weighted by Crippen LogP contribution is 2.63. The van der Waals surface area contributed by atoms with E-state index in [-0.39, 0.29) is 34.6 Å². The summed E-state index contributed by atoms with van der Waals surface area (Å²) >= 11 is 6.49. The third kappa shape index (κ3) is 22.5. The van der Waals surface area contributed by atoms with E-state index < -0.39 is 110 Å².